The van der Waals surface area contributed by atoms with Gasteiger partial charge in [0, 0.05) is 17.8 Å². The molecule has 3 N–H and O–H groups in total. The standard InChI is InChI=1S/C13H26N2OS/c1-3-7-15-13(16)9-17-12-8-10(4-2)5-6-11(12)14/h10-12H,3-9,14H2,1-2H3,(H,15,16). The van der Waals surface area contributed by atoms with Crippen molar-refractivity contribution < 1.29 is 4.79 Å². The van der Waals surface area contributed by atoms with Crippen molar-refractivity contribution >= 4 is 17.7 Å². The summed E-state index contributed by atoms with van der Waals surface area (Å²) in [6.45, 7) is 5.10. The number of hydrogen-bond donors (Lipinski definition) is 2. The smallest absolute Gasteiger partial charge is 0.230 e. The molecule has 1 aliphatic carbocycles. The van der Waals surface area contributed by atoms with Crippen molar-refractivity contribution in [3.05, 3.63) is 0 Å². The third-order valence-corrected chi connectivity index (χ3v) is 4.93. The Balaban J connectivity index is 2.26. The largest absolute Gasteiger partial charge is 0.355 e. The summed E-state index contributed by atoms with van der Waals surface area (Å²) in [5.74, 6) is 1.53. The van der Waals surface area contributed by atoms with Crippen molar-refractivity contribution in [2.45, 2.75) is 57.2 Å². The summed E-state index contributed by atoms with van der Waals surface area (Å²) in [5, 5.41) is 3.38. The van der Waals surface area contributed by atoms with E-state index in [-0.39, 0.29) is 11.9 Å². The molecule has 0 aromatic carbocycles. The molecular formula is C13H26N2OS. The first-order valence-electron chi connectivity index (χ1n) is 6.81. The van der Waals surface area contributed by atoms with Gasteiger partial charge in [0.1, 0.15) is 0 Å². The van der Waals surface area contributed by atoms with Gasteiger partial charge in [-0.2, -0.15) is 0 Å². The number of nitrogens with two attached hydrogens (primary N) is 1. The summed E-state index contributed by atoms with van der Waals surface area (Å²) in [6.07, 6.45) is 5.80. The van der Waals surface area contributed by atoms with Gasteiger partial charge in [0.25, 0.3) is 0 Å². The van der Waals surface area contributed by atoms with Crippen LogP contribution in [0.25, 0.3) is 0 Å². The van der Waals surface area contributed by atoms with E-state index < -0.39 is 0 Å². The molecule has 3 nitrogen and oxygen atoms in total. The van der Waals surface area contributed by atoms with Crippen molar-refractivity contribution in [2.75, 3.05) is 12.3 Å². The fourth-order valence-electron chi connectivity index (χ4n) is 2.30. The number of rotatable bonds is 6. The van der Waals surface area contributed by atoms with Gasteiger partial charge in [0.05, 0.1) is 5.75 Å². The van der Waals surface area contributed by atoms with Crippen LogP contribution >= 0.6 is 11.8 Å². The summed E-state index contributed by atoms with van der Waals surface area (Å²) in [6, 6.07) is 0.279. The fraction of sp³-hybridized carbons (Fsp3) is 0.923. The Morgan fingerprint density at radius 1 is 1.41 bits per heavy atom. The van der Waals surface area contributed by atoms with Gasteiger partial charge in [0.2, 0.25) is 5.91 Å². The Morgan fingerprint density at radius 3 is 2.82 bits per heavy atom. The monoisotopic (exact) mass is 258 g/mol. The molecule has 4 heteroatoms. The van der Waals surface area contributed by atoms with Crippen LogP contribution in [0.3, 0.4) is 0 Å². The summed E-state index contributed by atoms with van der Waals surface area (Å²) in [4.78, 5) is 11.5. The van der Waals surface area contributed by atoms with E-state index in [4.69, 9.17) is 5.73 Å². The molecule has 1 fully saturated rings. The number of hydrogen-bond acceptors (Lipinski definition) is 3. The lowest BCUT2D eigenvalue weighted by Gasteiger charge is -2.33. The zero-order valence-electron chi connectivity index (χ0n) is 11.1. The lowest BCUT2D eigenvalue weighted by Crippen LogP contribution is -2.39. The number of nitrogens with one attached hydrogen (secondary N) is 1. The normalized spacial score (nSPS) is 29.0. The molecule has 3 unspecified atom stereocenters. The Kier molecular flexibility index (Phi) is 6.97. The van der Waals surface area contributed by atoms with Gasteiger partial charge in [-0.1, -0.05) is 20.3 Å². The van der Waals surface area contributed by atoms with E-state index in [1.807, 2.05) is 0 Å². The molecule has 100 valence electrons. The highest BCUT2D eigenvalue weighted by molar-refractivity contribution is 8.00. The molecule has 0 bridgehead atoms. The fourth-order valence-corrected chi connectivity index (χ4v) is 3.55. The highest BCUT2D eigenvalue weighted by atomic mass is 32.2. The molecule has 1 rings (SSSR count). The van der Waals surface area contributed by atoms with E-state index in [1.165, 1.54) is 19.3 Å². The first-order chi connectivity index (χ1) is 8.17. The van der Waals surface area contributed by atoms with Crippen LogP contribution in [-0.2, 0) is 4.79 Å². The lowest BCUT2D eigenvalue weighted by molar-refractivity contribution is -0.118. The average molecular weight is 258 g/mol. The van der Waals surface area contributed by atoms with Gasteiger partial charge in [-0.05, 0) is 31.6 Å². The van der Waals surface area contributed by atoms with Crippen molar-refractivity contribution in [1.82, 2.24) is 5.32 Å². The molecule has 1 amide bonds. The Bertz CT molecular complexity index is 235. The molecule has 1 aliphatic rings. The molecule has 0 radical (unpaired) electrons. The third-order valence-electron chi connectivity index (χ3n) is 3.53. The number of carbonyl (C=O) groups is 1. The molecule has 0 aromatic heterocycles. The van der Waals surface area contributed by atoms with Crippen molar-refractivity contribution in [1.29, 1.82) is 0 Å². The Morgan fingerprint density at radius 2 is 2.18 bits per heavy atom. The molecule has 0 aliphatic heterocycles. The summed E-state index contributed by atoms with van der Waals surface area (Å²) in [5.41, 5.74) is 6.13. The Labute approximate surface area is 109 Å². The number of amides is 1. The van der Waals surface area contributed by atoms with Gasteiger partial charge in [-0.15, -0.1) is 11.8 Å². The third kappa shape index (κ3) is 5.30. The predicted octanol–water partition coefficient (Wildman–Crippen LogP) is 2.15. The number of carbonyl (C=O) groups excluding carboxylic acids is 1. The van der Waals surface area contributed by atoms with Crippen molar-refractivity contribution in [3.63, 3.8) is 0 Å². The van der Waals surface area contributed by atoms with Crippen LogP contribution in [0.5, 0.6) is 0 Å². The molecular weight excluding hydrogens is 232 g/mol. The van der Waals surface area contributed by atoms with E-state index in [9.17, 15) is 4.79 Å². The number of thioether (sulfide) groups is 1. The van der Waals surface area contributed by atoms with Crippen LogP contribution in [0.1, 0.15) is 46.0 Å². The molecule has 0 aromatic rings. The molecule has 1 saturated carbocycles. The maximum Gasteiger partial charge on any atom is 0.230 e. The second-order valence-corrected chi connectivity index (χ2v) is 6.18. The first-order valence-corrected chi connectivity index (χ1v) is 7.86. The second kappa shape index (κ2) is 7.98. The van der Waals surface area contributed by atoms with Gasteiger partial charge < -0.3 is 11.1 Å². The van der Waals surface area contributed by atoms with E-state index in [2.05, 4.69) is 19.2 Å². The Hall–Kier alpha value is -0.220. The van der Waals surface area contributed by atoms with Crippen LogP contribution in [0.4, 0.5) is 0 Å². The van der Waals surface area contributed by atoms with Crippen LogP contribution in [0.15, 0.2) is 0 Å². The van der Waals surface area contributed by atoms with Gasteiger partial charge in [0.15, 0.2) is 0 Å². The second-order valence-electron chi connectivity index (χ2n) is 4.95. The topological polar surface area (TPSA) is 55.1 Å². The summed E-state index contributed by atoms with van der Waals surface area (Å²) < 4.78 is 0. The maximum absolute atomic E-state index is 11.5. The summed E-state index contributed by atoms with van der Waals surface area (Å²) in [7, 11) is 0. The lowest BCUT2D eigenvalue weighted by atomic mass is 9.84. The van der Waals surface area contributed by atoms with E-state index >= 15 is 0 Å². The van der Waals surface area contributed by atoms with E-state index in [0.717, 1.165) is 25.3 Å². The van der Waals surface area contributed by atoms with Crippen LogP contribution in [-0.4, -0.2) is 29.5 Å². The molecule has 17 heavy (non-hydrogen) atoms. The minimum absolute atomic E-state index is 0.155. The maximum atomic E-state index is 11.5. The zero-order chi connectivity index (χ0) is 12.7. The van der Waals surface area contributed by atoms with Crippen molar-refractivity contribution in [3.8, 4) is 0 Å². The molecule has 0 saturated heterocycles. The quantitative estimate of drug-likeness (QED) is 0.767. The molecule has 0 spiro atoms. The molecule has 3 atom stereocenters. The van der Waals surface area contributed by atoms with Gasteiger partial charge in [-0.25, -0.2) is 0 Å². The zero-order valence-corrected chi connectivity index (χ0v) is 11.9. The summed E-state index contributed by atoms with van der Waals surface area (Å²) >= 11 is 1.75. The highest BCUT2D eigenvalue weighted by Crippen LogP contribution is 2.33. The van der Waals surface area contributed by atoms with Crippen LogP contribution in [0, 0.1) is 5.92 Å². The van der Waals surface area contributed by atoms with Crippen molar-refractivity contribution in [2.24, 2.45) is 11.7 Å². The average Bonchev–Trinajstić information content (AvgIpc) is 2.35. The van der Waals surface area contributed by atoms with E-state index in [0.29, 0.717) is 11.0 Å². The SMILES string of the molecule is CCCNC(=O)CSC1CC(CC)CCC1N. The van der Waals surface area contributed by atoms with Gasteiger partial charge in [-0.3, -0.25) is 4.79 Å². The minimum atomic E-state index is 0.155. The first kappa shape index (κ1) is 14.8. The van der Waals surface area contributed by atoms with Crippen LogP contribution in [0.2, 0.25) is 0 Å². The molecule has 0 heterocycles. The van der Waals surface area contributed by atoms with E-state index in [1.54, 1.807) is 11.8 Å². The minimum Gasteiger partial charge on any atom is -0.355 e. The predicted molar refractivity (Wildman–Crippen MR) is 75.2 cm³/mol. The highest BCUT2D eigenvalue weighted by Gasteiger charge is 2.27. The van der Waals surface area contributed by atoms with Gasteiger partial charge >= 0.3 is 0 Å². The van der Waals surface area contributed by atoms with Crippen LogP contribution < -0.4 is 11.1 Å².